The van der Waals surface area contributed by atoms with Crippen molar-refractivity contribution in [1.82, 2.24) is 4.90 Å². The molecule has 7 heteroatoms. The van der Waals surface area contributed by atoms with Crippen molar-refractivity contribution < 1.29 is 9.13 Å². The van der Waals surface area contributed by atoms with Crippen LogP contribution in [0.2, 0.25) is 0 Å². The molecule has 1 aliphatic heterocycles. The molecule has 3 rings (SSSR count). The number of nitrogens with two attached hydrogens (primary N) is 1. The van der Waals surface area contributed by atoms with Crippen molar-refractivity contribution in [1.29, 1.82) is 0 Å². The van der Waals surface area contributed by atoms with Gasteiger partial charge in [-0.25, -0.2) is 4.39 Å². The summed E-state index contributed by atoms with van der Waals surface area (Å²) in [4.78, 5) is 6.77. The fourth-order valence-electron chi connectivity index (χ4n) is 3.13. The van der Waals surface area contributed by atoms with E-state index in [9.17, 15) is 4.39 Å². The van der Waals surface area contributed by atoms with Crippen molar-refractivity contribution in [2.75, 3.05) is 38.2 Å². The summed E-state index contributed by atoms with van der Waals surface area (Å²) in [6.45, 7) is 5.41. The van der Waals surface area contributed by atoms with Crippen molar-refractivity contribution in [3.63, 3.8) is 0 Å². The molecule has 0 amide bonds. The number of ether oxygens (including phenoxy) is 1. The molecule has 0 bridgehead atoms. The molecule has 1 saturated heterocycles. The average molecular weight is 484 g/mol. The van der Waals surface area contributed by atoms with Gasteiger partial charge < -0.3 is 15.8 Å². The van der Waals surface area contributed by atoms with Crippen LogP contribution in [0, 0.1) is 12.7 Å². The van der Waals surface area contributed by atoms with E-state index in [0.29, 0.717) is 25.7 Å². The highest BCUT2D eigenvalue weighted by Gasteiger charge is 2.22. The molecule has 1 unspecified atom stereocenters. The second kappa shape index (κ2) is 10.6. The van der Waals surface area contributed by atoms with Crippen LogP contribution in [-0.2, 0) is 4.74 Å². The molecule has 0 aliphatic carbocycles. The summed E-state index contributed by atoms with van der Waals surface area (Å²) in [5.41, 5.74) is 9.01. The molecule has 5 nitrogen and oxygen atoms in total. The average Bonchev–Trinajstić information content (AvgIpc) is 2.63. The van der Waals surface area contributed by atoms with Crippen LogP contribution in [0.25, 0.3) is 0 Å². The Balaban J connectivity index is 0.00000261. The van der Waals surface area contributed by atoms with Crippen LogP contribution < -0.4 is 11.1 Å². The predicted molar refractivity (Wildman–Crippen MR) is 118 cm³/mol. The van der Waals surface area contributed by atoms with Gasteiger partial charge in [0.15, 0.2) is 5.96 Å². The number of anilines is 1. The molecule has 2 aromatic rings. The molecule has 0 radical (unpaired) electrons. The summed E-state index contributed by atoms with van der Waals surface area (Å²) in [5.74, 6) is 0.112. The van der Waals surface area contributed by atoms with Crippen LogP contribution in [0.1, 0.15) is 17.2 Å². The minimum atomic E-state index is -0.240. The van der Waals surface area contributed by atoms with Crippen molar-refractivity contribution in [3.05, 3.63) is 65.5 Å². The van der Waals surface area contributed by atoms with Crippen LogP contribution in [0.5, 0.6) is 0 Å². The Hall–Kier alpha value is -1.71. The third-order valence-corrected chi connectivity index (χ3v) is 4.44. The number of guanidine groups is 1. The molecule has 146 valence electrons. The Bertz CT molecular complexity index is 765. The van der Waals surface area contributed by atoms with Crippen LogP contribution in [0.4, 0.5) is 10.1 Å². The first kappa shape index (κ1) is 21.6. The lowest BCUT2D eigenvalue weighted by atomic mass is 10.0. The number of aliphatic imine (C=N–C) groups is 1. The van der Waals surface area contributed by atoms with Gasteiger partial charge in [0.2, 0.25) is 0 Å². The number of hydrogen-bond donors (Lipinski definition) is 2. The highest BCUT2D eigenvalue weighted by molar-refractivity contribution is 14.0. The van der Waals surface area contributed by atoms with Gasteiger partial charge in [-0.05, 0) is 42.3 Å². The molecule has 0 aromatic heterocycles. The third-order valence-electron chi connectivity index (χ3n) is 4.44. The second-order valence-corrected chi connectivity index (χ2v) is 6.44. The van der Waals surface area contributed by atoms with Crippen LogP contribution in [-0.4, -0.2) is 43.7 Å². The van der Waals surface area contributed by atoms with E-state index in [4.69, 9.17) is 10.5 Å². The zero-order chi connectivity index (χ0) is 18.4. The minimum absolute atomic E-state index is 0. The summed E-state index contributed by atoms with van der Waals surface area (Å²) in [5, 5.41) is 3.11. The molecular formula is C20H26FIN4O. The fraction of sp³-hybridized carbons (Fsp3) is 0.350. The van der Waals surface area contributed by atoms with Gasteiger partial charge in [0.25, 0.3) is 0 Å². The van der Waals surface area contributed by atoms with E-state index >= 15 is 0 Å². The van der Waals surface area contributed by atoms with Gasteiger partial charge >= 0.3 is 0 Å². The molecule has 1 aliphatic rings. The second-order valence-electron chi connectivity index (χ2n) is 6.44. The van der Waals surface area contributed by atoms with Gasteiger partial charge in [0.1, 0.15) is 5.82 Å². The number of hydrogen-bond acceptors (Lipinski definition) is 3. The Morgan fingerprint density at radius 3 is 2.67 bits per heavy atom. The topological polar surface area (TPSA) is 62.9 Å². The Morgan fingerprint density at radius 1 is 1.22 bits per heavy atom. The maximum Gasteiger partial charge on any atom is 0.193 e. The molecular weight excluding hydrogens is 458 g/mol. The Labute approximate surface area is 176 Å². The van der Waals surface area contributed by atoms with E-state index < -0.39 is 0 Å². The molecule has 0 spiro atoms. The molecule has 0 saturated carbocycles. The number of benzene rings is 2. The fourth-order valence-corrected chi connectivity index (χ4v) is 3.13. The number of aryl methyl sites for hydroxylation is 1. The predicted octanol–water partition coefficient (Wildman–Crippen LogP) is 3.55. The first-order chi connectivity index (χ1) is 12.6. The zero-order valence-corrected chi connectivity index (χ0v) is 17.7. The zero-order valence-electron chi connectivity index (χ0n) is 15.4. The normalized spacial score (nSPS) is 16.4. The number of nitrogens with one attached hydrogen (secondary N) is 1. The summed E-state index contributed by atoms with van der Waals surface area (Å²) in [7, 11) is 0. The van der Waals surface area contributed by atoms with Gasteiger partial charge in [-0.15, -0.1) is 24.0 Å². The summed E-state index contributed by atoms with van der Waals surface area (Å²) in [6.07, 6.45) is 0. The Kier molecular flexibility index (Phi) is 8.46. The van der Waals surface area contributed by atoms with Crippen LogP contribution in [0.15, 0.2) is 53.5 Å². The maximum atomic E-state index is 13.7. The molecule has 3 N–H and O–H groups in total. The van der Waals surface area contributed by atoms with Crippen molar-refractivity contribution in [2.45, 2.75) is 13.0 Å². The molecule has 27 heavy (non-hydrogen) atoms. The maximum absolute atomic E-state index is 13.7. The van der Waals surface area contributed by atoms with Gasteiger partial charge in [-0.3, -0.25) is 9.89 Å². The first-order valence-corrected chi connectivity index (χ1v) is 8.83. The van der Waals surface area contributed by atoms with E-state index in [1.54, 1.807) is 12.1 Å². The highest BCUT2D eigenvalue weighted by Crippen LogP contribution is 2.23. The lowest BCUT2D eigenvalue weighted by Crippen LogP contribution is -2.40. The van der Waals surface area contributed by atoms with Gasteiger partial charge in [0, 0.05) is 18.8 Å². The molecule has 1 atom stereocenters. The van der Waals surface area contributed by atoms with Crippen LogP contribution in [0.3, 0.4) is 0 Å². The summed E-state index contributed by atoms with van der Waals surface area (Å²) < 4.78 is 19.1. The number of rotatable bonds is 5. The minimum Gasteiger partial charge on any atom is -0.379 e. The third kappa shape index (κ3) is 6.44. The number of nitrogens with zero attached hydrogens (tertiary/aromatic N) is 2. The molecule has 1 heterocycles. The quantitative estimate of drug-likeness (QED) is 0.387. The standard InChI is InChI=1S/C20H25FN4O.HI/c1-15-4-2-7-18(12-15)24-20(22)23-14-19(25-8-10-26-11-9-25)16-5-3-6-17(21)13-16;/h2-7,12-13,19H,8-11,14H2,1H3,(H3,22,23,24);1H. The van der Waals surface area contributed by atoms with Gasteiger partial charge in [0.05, 0.1) is 25.8 Å². The summed E-state index contributed by atoms with van der Waals surface area (Å²) >= 11 is 0. The molecule has 2 aromatic carbocycles. The highest BCUT2D eigenvalue weighted by atomic mass is 127. The largest absolute Gasteiger partial charge is 0.379 e. The van der Waals surface area contributed by atoms with E-state index in [0.717, 1.165) is 29.9 Å². The van der Waals surface area contributed by atoms with Gasteiger partial charge in [-0.2, -0.15) is 0 Å². The lowest BCUT2D eigenvalue weighted by Gasteiger charge is -2.34. The number of morpholine rings is 1. The van der Waals surface area contributed by atoms with Crippen molar-refractivity contribution in [3.8, 4) is 0 Å². The van der Waals surface area contributed by atoms with Crippen molar-refractivity contribution in [2.24, 2.45) is 10.7 Å². The van der Waals surface area contributed by atoms with E-state index in [1.807, 2.05) is 37.3 Å². The summed E-state index contributed by atoms with van der Waals surface area (Å²) in [6, 6.07) is 14.6. The van der Waals surface area contributed by atoms with Gasteiger partial charge in [-0.1, -0.05) is 24.3 Å². The lowest BCUT2D eigenvalue weighted by molar-refractivity contribution is 0.0179. The molecule has 1 fully saturated rings. The monoisotopic (exact) mass is 484 g/mol. The van der Waals surface area contributed by atoms with E-state index in [2.05, 4.69) is 15.2 Å². The first-order valence-electron chi connectivity index (χ1n) is 8.83. The SMILES string of the molecule is Cc1cccc(NC(N)=NCC(c2cccc(F)c2)N2CCOCC2)c1.I. The van der Waals surface area contributed by atoms with E-state index in [1.165, 1.54) is 6.07 Å². The Morgan fingerprint density at radius 2 is 1.96 bits per heavy atom. The smallest absolute Gasteiger partial charge is 0.193 e. The van der Waals surface area contributed by atoms with Crippen LogP contribution >= 0.6 is 24.0 Å². The van der Waals surface area contributed by atoms with E-state index in [-0.39, 0.29) is 35.8 Å². The van der Waals surface area contributed by atoms with Crippen molar-refractivity contribution >= 4 is 35.6 Å². The number of halogens is 2.